The van der Waals surface area contributed by atoms with Crippen molar-refractivity contribution in [2.75, 3.05) is 5.75 Å². The fourth-order valence-electron chi connectivity index (χ4n) is 5.10. The number of thiocarbonyl (C=S) groups is 1. The Morgan fingerprint density at radius 3 is 2.22 bits per heavy atom. The summed E-state index contributed by atoms with van der Waals surface area (Å²) in [5.74, 6) is -0.931. The van der Waals surface area contributed by atoms with E-state index in [0.717, 1.165) is 21.6 Å². The maximum absolute atomic E-state index is 14.1. The van der Waals surface area contributed by atoms with Gasteiger partial charge in [0.25, 0.3) is 5.91 Å². The predicted octanol–water partition coefficient (Wildman–Crippen LogP) is 5.23. The lowest BCUT2D eigenvalue weighted by atomic mass is 10.0. The molecule has 1 fully saturated rings. The summed E-state index contributed by atoms with van der Waals surface area (Å²) >= 11 is 8.39. The number of fused-ring (bicyclic) bond motifs is 1. The maximum atomic E-state index is 14.1. The number of hydrazone groups is 1. The van der Waals surface area contributed by atoms with Crippen molar-refractivity contribution >= 4 is 64.3 Å². The van der Waals surface area contributed by atoms with E-state index in [-0.39, 0.29) is 23.9 Å². The van der Waals surface area contributed by atoms with Crippen LogP contribution in [0.5, 0.6) is 0 Å². The molecule has 45 heavy (non-hydrogen) atoms. The Morgan fingerprint density at radius 1 is 0.956 bits per heavy atom. The van der Waals surface area contributed by atoms with Gasteiger partial charge >= 0.3 is 5.97 Å². The number of thioether (sulfide) groups is 1. The fourth-order valence-corrected chi connectivity index (χ4v) is 7.29. The molecule has 0 aliphatic carbocycles. The Bertz CT molecular complexity index is 1710. The standard InChI is InChI=1S/C34H28N4O4S3/c39-27(19-26-17-10-18-44-26)36-28-32(40)38-29(25(21-45-33(28)38)20-35-37-31(43)24-15-8-3-9-16-24)34(41)42-30(22-11-4-1-5-12-22)23-13-6-2-7-14-23/h1-18,20,28,30,33H,19,21H2,(H,36,39)(H,37,43)/t28?,33-/m1/s1. The molecule has 1 aromatic heterocycles. The van der Waals surface area contributed by atoms with Crippen molar-refractivity contribution < 1.29 is 19.1 Å². The summed E-state index contributed by atoms with van der Waals surface area (Å²) in [7, 11) is 0. The van der Waals surface area contributed by atoms with E-state index in [9.17, 15) is 14.4 Å². The van der Waals surface area contributed by atoms with Gasteiger partial charge in [-0.3, -0.25) is 19.9 Å². The number of nitrogens with one attached hydrogen (secondary N) is 2. The number of ether oxygens (including phenoxy) is 1. The van der Waals surface area contributed by atoms with Crippen molar-refractivity contribution in [3.8, 4) is 0 Å². The van der Waals surface area contributed by atoms with Crippen molar-refractivity contribution in [1.82, 2.24) is 15.6 Å². The molecule has 6 rings (SSSR count). The van der Waals surface area contributed by atoms with Crippen molar-refractivity contribution in [1.29, 1.82) is 0 Å². The average Bonchev–Trinajstić information content (AvgIpc) is 3.59. The van der Waals surface area contributed by atoms with Gasteiger partial charge in [-0.2, -0.15) is 5.10 Å². The summed E-state index contributed by atoms with van der Waals surface area (Å²) in [5.41, 5.74) is 5.83. The zero-order chi connectivity index (χ0) is 31.2. The number of thiophene rings is 1. The third kappa shape index (κ3) is 6.90. The molecule has 2 aliphatic rings. The Morgan fingerprint density at radius 2 is 1.60 bits per heavy atom. The topological polar surface area (TPSA) is 100 Å². The second-order valence-electron chi connectivity index (χ2n) is 10.3. The Kier molecular flexibility index (Phi) is 9.49. The van der Waals surface area contributed by atoms with Crippen LogP contribution in [-0.2, 0) is 25.5 Å². The molecule has 0 radical (unpaired) electrons. The summed E-state index contributed by atoms with van der Waals surface area (Å²) in [6.07, 6.45) is 0.982. The molecule has 2 atom stereocenters. The normalized spacial score (nSPS) is 17.5. The summed E-state index contributed by atoms with van der Waals surface area (Å²) in [4.78, 5) is 43.1. The van der Waals surface area contributed by atoms with E-state index >= 15 is 0 Å². The van der Waals surface area contributed by atoms with E-state index in [1.165, 1.54) is 34.2 Å². The molecule has 8 nitrogen and oxygen atoms in total. The van der Waals surface area contributed by atoms with Crippen molar-refractivity contribution in [2.24, 2.45) is 5.10 Å². The van der Waals surface area contributed by atoms with Gasteiger partial charge in [-0.1, -0.05) is 109 Å². The van der Waals surface area contributed by atoms with Crippen LogP contribution in [0.15, 0.2) is 125 Å². The maximum Gasteiger partial charge on any atom is 0.356 e. The summed E-state index contributed by atoms with van der Waals surface area (Å²) in [6, 6.07) is 31.3. The molecular formula is C34H28N4O4S3. The van der Waals surface area contributed by atoms with Crippen LogP contribution >= 0.6 is 35.3 Å². The molecule has 1 unspecified atom stereocenters. The molecule has 2 amide bonds. The van der Waals surface area contributed by atoms with Crippen molar-refractivity contribution in [3.05, 3.63) is 141 Å². The highest BCUT2D eigenvalue weighted by Crippen LogP contribution is 2.41. The molecule has 3 aromatic carbocycles. The van der Waals surface area contributed by atoms with Gasteiger partial charge in [0.1, 0.15) is 22.1 Å². The molecular weight excluding hydrogens is 625 g/mol. The van der Waals surface area contributed by atoms with E-state index in [1.807, 2.05) is 109 Å². The number of amides is 2. The van der Waals surface area contributed by atoms with Crippen LogP contribution in [-0.4, -0.2) is 51.1 Å². The number of carbonyl (C=O) groups excluding carboxylic acids is 3. The molecule has 226 valence electrons. The first-order valence-electron chi connectivity index (χ1n) is 14.2. The minimum absolute atomic E-state index is 0.0977. The summed E-state index contributed by atoms with van der Waals surface area (Å²) < 4.78 is 6.18. The smallest absolute Gasteiger partial charge is 0.356 e. The van der Waals surface area contributed by atoms with Crippen LogP contribution < -0.4 is 10.7 Å². The van der Waals surface area contributed by atoms with E-state index in [2.05, 4.69) is 15.8 Å². The lowest BCUT2D eigenvalue weighted by molar-refractivity contribution is -0.154. The minimum Gasteiger partial charge on any atom is -0.448 e. The number of carbonyl (C=O) groups is 3. The van der Waals surface area contributed by atoms with Crippen LogP contribution in [0.2, 0.25) is 0 Å². The first kappa shape index (κ1) is 30.4. The second-order valence-corrected chi connectivity index (χ2v) is 12.8. The molecule has 1 saturated heterocycles. The number of hydrogen-bond donors (Lipinski definition) is 2. The molecule has 2 aliphatic heterocycles. The van der Waals surface area contributed by atoms with Crippen LogP contribution in [0.3, 0.4) is 0 Å². The van der Waals surface area contributed by atoms with Gasteiger partial charge in [-0.05, 0) is 22.6 Å². The van der Waals surface area contributed by atoms with Gasteiger partial charge in [-0.15, -0.1) is 23.1 Å². The van der Waals surface area contributed by atoms with Crippen LogP contribution in [0.4, 0.5) is 0 Å². The largest absolute Gasteiger partial charge is 0.448 e. The van der Waals surface area contributed by atoms with Crippen molar-refractivity contribution in [2.45, 2.75) is 23.9 Å². The lowest BCUT2D eigenvalue weighted by Crippen LogP contribution is -2.70. The Balaban J connectivity index is 1.27. The van der Waals surface area contributed by atoms with Gasteiger partial charge in [0.2, 0.25) is 5.91 Å². The zero-order valence-corrected chi connectivity index (χ0v) is 26.3. The molecule has 0 bridgehead atoms. The third-order valence-electron chi connectivity index (χ3n) is 7.27. The first-order chi connectivity index (χ1) is 22.0. The van der Waals surface area contributed by atoms with Crippen molar-refractivity contribution in [3.63, 3.8) is 0 Å². The first-order valence-corrected chi connectivity index (χ1v) is 16.5. The van der Waals surface area contributed by atoms with E-state index in [1.54, 1.807) is 0 Å². The highest BCUT2D eigenvalue weighted by Gasteiger charge is 2.54. The molecule has 11 heteroatoms. The number of nitrogens with zero attached hydrogens (tertiary/aromatic N) is 2. The van der Waals surface area contributed by atoms with Crippen LogP contribution in [0.1, 0.15) is 27.7 Å². The molecule has 0 saturated carbocycles. The number of benzene rings is 3. The SMILES string of the molecule is O=C(Cc1cccs1)NC1C(=O)N2C(C(=O)OC(c3ccccc3)c3ccccc3)=C(C=NNC(=S)c3ccccc3)CS[C@H]12. The van der Waals surface area contributed by atoms with E-state index in [4.69, 9.17) is 17.0 Å². The summed E-state index contributed by atoms with van der Waals surface area (Å²) in [5, 5.41) is 8.62. The van der Waals surface area contributed by atoms with E-state index < -0.39 is 23.5 Å². The zero-order valence-electron chi connectivity index (χ0n) is 23.9. The average molecular weight is 653 g/mol. The number of rotatable bonds is 10. The number of β-lactam (4-membered cyclic amide) rings is 1. The summed E-state index contributed by atoms with van der Waals surface area (Å²) in [6.45, 7) is 0. The van der Waals surface area contributed by atoms with Gasteiger partial charge in [-0.25, -0.2) is 4.79 Å². The molecule has 0 spiro atoms. The minimum atomic E-state index is -0.758. The number of hydrogen-bond acceptors (Lipinski definition) is 8. The highest BCUT2D eigenvalue weighted by molar-refractivity contribution is 8.00. The molecule has 3 heterocycles. The predicted molar refractivity (Wildman–Crippen MR) is 181 cm³/mol. The lowest BCUT2D eigenvalue weighted by Gasteiger charge is -2.49. The second kappa shape index (κ2) is 14.0. The third-order valence-corrected chi connectivity index (χ3v) is 9.78. The molecule has 4 aromatic rings. The highest BCUT2D eigenvalue weighted by atomic mass is 32.2. The number of esters is 1. The quantitative estimate of drug-likeness (QED) is 0.0796. The monoisotopic (exact) mass is 652 g/mol. The van der Waals surface area contributed by atoms with Crippen LogP contribution in [0.25, 0.3) is 0 Å². The Hall–Kier alpha value is -4.58. The van der Waals surface area contributed by atoms with Gasteiger partial charge < -0.3 is 10.1 Å². The van der Waals surface area contributed by atoms with E-state index in [0.29, 0.717) is 16.3 Å². The van der Waals surface area contributed by atoms with Gasteiger partial charge in [0.05, 0.1) is 12.6 Å². The van der Waals surface area contributed by atoms with Crippen LogP contribution in [0, 0.1) is 0 Å². The van der Waals surface area contributed by atoms with Gasteiger partial charge in [0.15, 0.2) is 6.10 Å². The Labute approximate surface area is 274 Å². The van der Waals surface area contributed by atoms with Gasteiger partial charge in [0, 0.05) is 21.8 Å². The fraction of sp³-hybridized carbons (Fsp3) is 0.147. The molecule has 2 N–H and O–H groups in total.